The van der Waals surface area contributed by atoms with Crippen molar-refractivity contribution < 1.29 is 19.2 Å². The fraction of sp³-hybridized carbons (Fsp3) is 0.143. The predicted molar refractivity (Wildman–Crippen MR) is 78.2 cm³/mol. The summed E-state index contributed by atoms with van der Waals surface area (Å²) in [4.78, 5) is 21.3. The van der Waals surface area contributed by atoms with Crippen molar-refractivity contribution in [2.75, 3.05) is 0 Å². The Kier molecular flexibility index (Phi) is 4.64. The van der Waals surface area contributed by atoms with Crippen LogP contribution < -0.4 is 5.43 Å². The molecule has 0 fully saturated rings. The first-order valence-electron chi connectivity index (χ1n) is 6.33. The van der Waals surface area contributed by atoms with Crippen LogP contribution in [0.5, 0.6) is 0 Å². The fourth-order valence-electron chi connectivity index (χ4n) is 1.60. The number of non-ortho nitro benzene ring substituents is 1. The maximum absolute atomic E-state index is 11.1. The van der Waals surface area contributed by atoms with E-state index >= 15 is 0 Å². The number of aliphatic hydroxyl groups excluding tert-OH is 1. The van der Waals surface area contributed by atoms with E-state index in [4.69, 9.17) is 9.52 Å². The van der Waals surface area contributed by atoms with Crippen molar-refractivity contribution in [2.45, 2.75) is 13.0 Å². The lowest BCUT2D eigenvalue weighted by atomic mass is 10.1. The minimum Gasteiger partial charge on any atom is -0.455 e. The first kappa shape index (κ1) is 15.4. The lowest BCUT2D eigenvalue weighted by Crippen LogP contribution is -2.28. The van der Waals surface area contributed by atoms with Crippen molar-refractivity contribution in [1.82, 2.24) is 5.43 Å². The number of nitro benzene ring substituents is 1. The van der Waals surface area contributed by atoms with E-state index < -0.39 is 16.9 Å². The van der Waals surface area contributed by atoms with Crippen LogP contribution in [0.15, 0.2) is 45.9 Å². The van der Waals surface area contributed by atoms with Gasteiger partial charge in [-0.1, -0.05) is 12.1 Å². The van der Waals surface area contributed by atoms with Gasteiger partial charge in [0.2, 0.25) is 0 Å². The van der Waals surface area contributed by atoms with Gasteiger partial charge >= 0.3 is 0 Å². The van der Waals surface area contributed by atoms with Crippen molar-refractivity contribution in [3.63, 3.8) is 0 Å². The van der Waals surface area contributed by atoms with Crippen LogP contribution in [-0.2, 0) is 4.79 Å². The van der Waals surface area contributed by atoms with Gasteiger partial charge in [-0.25, -0.2) is 5.43 Å². The largest absolute Gasteiger partial charge is 0.455 e. The molecule has 0 spiro atoms. The summed E-state index contributed by atoms with van der Waals surface area (Å²) >= 11 is 0. The molecule has 1 amide bonds. The maximum atomic E-state index is 11.1. The molecule has 8 nitrogen and oxygen atoms in total. The Hall–Kier alpha value is -3.00. The number of nitrogens with zero attached hydrogens (tertiary/aromatic N) is 2. The molecule has 0 radical (unpaired) electrons. The molecular weight excluding hydrogens is 290 g/mol. The average Bonchev–Trinajstić information content (AvgIpc) is 2.96. The van der Waals surface area contributed by atoms with Crippen molar-refractivity contribution in [2.24, 2.45) is 5.10 Å². The van der Waals surface area contributed by atoms with Crippen molar-refractivity contribution in [3.05, 3.63) is 52.3 Å². The van der Waals surface area contributed by atoms with Gasteiger partial charge in [-0.15, -0.1) is 0 Å². The normalized spacial score (nSPS) is 12.3. The van der Waals surface area contributed by atoms with Gasteiger partial charge < -0.3 is 9.52 Å². The molecule has 0 aliphatic carbocycles. The molecule has 2 N–H and O–H groups in total. The number of nitrogens with one attached hydrogen (secondary N) is 1. The lowest BCUT2D eigenvalue weighted by Gasteiger charge is -1.99. The van der Waals surface area contributed by atoms with E-state index in [1.54, 1.807) is 24.3 Å². The van der Waals surface area contributed by atoms with Gasteiger partial charge in [0.25, 0.3) is 11.6 Å². The van der Waals surface area contributed by atoms with Crippen LogP contribution in [-0.4, -0.2) is 28.3 Å². The lowest BCUT2D eigenvalue weighted by molar-refractivity contribution is -0.384. The monoisotopic (exact) mass is 303 g/mol. The van der Waals surface area contributed by atoms with E-state index in [1.165, 1.54) is 25.3 Å². The molecule has 0 saturated carbocycles. The van der Waals surface area contributed by atoms with Crippen LogP contribution in [0.1, 0.15) is 12.7 Å². The van der Waals surface area contributed by atoms with E-state index in [2.05, 4.69) is 10.5 Å². The van der Waals surface area contributed by atoms with Gasteiger partial charge in [0.1, 0.15) is 17.6 Å². The average molecular weight is 303 g/mol. The summed E-state index contributed by atoms with van der Waals surface area (Å²) in [5.74, 6) is 0.154. The topological polar surface area (TPSA) is 118 Å². The number of carbonyl (C=O) groups excluding carboxylic acids is 1. The molecule has 1 aromatic carbocycles. The number of nitro groups is 1. The number of hydrogen-bond donors (Lipinski definition) is 2. The number of aliphatic hydroxyl groups is 1. The second-order valence-electron chi connectivity index (χ2n) is 4.42. The standard InChI is InChI=1S/C14H13N3O5/c1-9(18)14(19)16-15-8-12-5-6-13(22-12)10-3-2-4-11(7-10)17(20)21/h2-9,18H,1H3,(H,16,19)/b15-8+/t9-/m0/s1. The Morgan fingerprint density at radius 3 is 2.91 bits per heavy atom. The highest BCUT2D eigenvalue weighted by molar-refractivity contribution is 5.83. The Morgan fingerprint density at radius 2 is 2.23 bits per heavy atom. The zero-order valence-electron chi connectivity index (χ0n) is 11.6. The first-order valence-corrected chi connectivity index (χ1v) is 6.33. The van der Waals surface area contributed by atoms with E-state index in [1.807, 2.05) is 0 Å². The number of carbonyl (C=O) groups is 1. The third-order valence-electron chi connectivity index (χ3n) is 2.71. The van der Waals surface area contributed by atoms with Gasteiger partial charge in [-0.2, -0.15) is 5.10 Å². The molecule has 22 heavy (non-hydrogen) atoms. The Balaban J connectivity index is 2.11. The number of furan rings is 1. The predicted octanol–water partition coefficient (Wildman–Crippen LogP) is 1.69. The van der Waals surface area contributed by atoms with Gasteiger partial charge in [0.15, 0.2) is 0 Å². The summed E-state index contributed by atoms with van der Waals surface area (Å²) in [6.07, 6.45) is 0.107. The molecule has 0 unspecified atom stereocenters. The summed E-state index contributed by atoms with van der Waals surface area (Å²) in [7, 11) is 0. The Morgan fingerprint density at radius 1 is 1.45 bits per heavy atom. The van der Waals surface area contributed by atoms with Crippen molar-refractivity contribution >= 4 is 17.8 Å². The van der Waals surface area contributed by atoms with Gasteiger partial charge in [0, 0.05) is 17.7 Å². The van der Waals surface area contributed by atoms with E-state index in [9.17, 15) is 14.9 Å². The quantitative estimate of drug-likeness (QED) is 0.495. The molecule has 2 aromatic rings. The molecule has 0 saturated heterocycles. The molecule has 1 aromatic heterocycles. The summed E-state index contributed by atoms with van der Waals surface area (Å²) in [5.41, 5.74) is 2.66. The third-order valence-corrected chi connectivity index (χ3v) is 2.71. The number of benzene rings is 1. The van der Waals surface area contributed by atoms with Crippen LogP contribution in [0.3, 0.4) is 0 Å². The fourth-order valence-corrected chi connectivity index (χ4v) is 1.60. The van der Waals surface area contributed by atoms with E-state index in [-0.39, 0.29) is 5.69 Å². The second kappa shape index (κ2) is 6.64. The zero-order valence-corrected chi connectivity index (χ0v) is 11.6. The molecule has 8 heteroatoms. The van der Waals surface area contributed by atoms with Crippen LogP contribution in [0.25, 0.3) is 11.3 Å². The summed E-state index contributed by atoms with van der Waals surface area (Å²) < 4.78 is 5.46. The summed E-state index contributed by atoms with van der Waals surface area (Å²) in [5, 5.41) is 23.3. The molecule has 0 bridgehead atoms. The molecule has 0 aliphatic heterocycles. The number of hydrazone groups is 1. The van der Waals surface area contributed by atoms with Gasteiger partial charge in [-0.3, -0.25) is 14.9 Å². The van der Waals surface area contributed by atoms with Crippen molar-refractivity contribution in [3.8, 4) is 11.3 Å². The van der Waals surface area contributed by atoms with E-state index in [0.29, 0.717) is 17.1 Å². The smallest absolute Gasteiger partial charge is 0.270 e. The van der Waals surface area contributed by atoms with Crippen LogP contribution in [0, 0.1) is 10.1 Å². The molecule has 0 aliphatic rings. The Bertz CT molecular complexity index is 721. The first-order chi connectivity index (χ1) is 10.5. The van der Waals surface area contributed by atoms with Crippen LogP contribution in [0.4, 0.5) is 5.69 Å². The maximum Gasteiger partial charge on any atom is 0.270 e. The minimum absolute atomic E-state index is 0.0340. The minimum atomic E-state index is -1.16. The van der Waals surface area contributed by atoms with Gasteiger partial charge in [0.05, 0.1) is 11.1 Å². The number of amides is 1. The molecule has 1 atom stereocenters. The summed E-state index contributed by atoms with van der Waals surface area (Å²) in [6, 6.07) is 9.27. The zero-order chi connectivity index (χ0) is 16.1. The highest BCUT2D eigenvalue weighted by Crippen LogP contribution is 2.25. The third kappa shape index (κ3) is 3.76. The van der Waals surface area contributed by atoms with Gasteiger partial charge in [-0.05, 0) is 19.1 Å². The molecule has 2 rings (SSSR count). The highest BCUT2D eigenvalue weighted by atomic mass is 16.6. The molecular formula is C14H13N3O5. The highest BCUT2D eigenvalue weighted by Gasteiger charge is 2.10. The summed E-state index contributed by atoms with van der Waals surface area (Å²) in [6.45, 7) is 1.32. The SMILES string of the molecule is C[C@H](O)C(=O)N/N=C/c1ccc(-c2cccc([N+](=O)[O-])c2)o1. The Labute approximate surface area is 125 Å². The van der Waals surface area contributed by atoms with Crippen molar-refractivity contribution in [1.29, 1.82) is 0 Å². The van der Waals surface area contributed by atoms with E-state index in [0.717, 1.165) is 0 Å². The second-order valence-corrected chi connectivity index (χ2v) is 4.42. The molecule has 114 valence electrons. The molecule has 1 heterocycles. The van der Waals surface area contributed by atoms with Crippen LogP contribution in [0.2, 0.25) is 0 Å². The number of hydrogen-bond acceptors (Lipinski definition) is 6. The number of rotatable bonds is 5. The van der Waals surface area contributed by atoms with Crippen LogP contribution >= 0.6 is 0 Å².